The van der Waals surface area contributed by atoms with Crippen molar-refractivity contribution in [2.75, 3.05) is 0 Å². The second-order valence-corrected chi connectivity index (χ2v) is 10.9. The van der Waals surface area contributed by atoms with Gasteiger partial charge in [0.25, 0.3) is 0 Å². The van der Waals surface area contributed by atoms with Crippen LogP contribution in [0, 0.1) is 0 Å². The van der Waals surface area contributed by atoms with E-state index in [-0.39, 0.29) is 0 Å². The van der Waals surface area contributed by atoms with Crippen molar-refractivity contribution in [2.24, 2.45) is 0 Å². The average molecular weight is 493 g/mol. The zero-order valence-electron chi connectivity index (χ0n) is 19.9. The molecule has 0 aliphatic heterocycles. The number of allylic oxidation sites excluding steroid dienone is 2. The molecule has 0 saturated heterocycles. The van der Waals surface area contributed by atoms with Gasteiger partial charge in [0.15, 0.2) is 0 Å². The molecule has 0 bridgehead atoms. The van der Waals surface area contributed by atoms with Crippen LogP contribution in [-0.2, 0) is 9.75 Å². The molecule has 0 saturated carbocycles. The fraction of sp³-hybridized carbons (Fsp3) is 0.152. The monoisotopic (exact) mass is 492 g/mol. The first-order valence-electron chi connectivity index (χ1n) is 12.1. The quantitative estimate of drug-likeness (QED) is 0.249. The minimum atomic E-state index is -0.718. The van der Waals surface area contributed by atoms with E-state index >= 15 is 0 Å². The van der Waals surface area contributed by atoms with Gasteiger partial charge in [0.1, 0.15) is 0 Å². The number of halogens is 2. The summed E-state index contributed by atoms with van der Waals surface area (Å²) in [5.41, 5.74) is 11.8. The largest absolute Gasteiger partial charge is 0.109 e. The van der Waals surface area contributed by atoms with Gasteiger partial charge in [-0.05, 0) is 69.5 Å². The molecule has 4 aromatic carbocycles. The van der Waals surface area contributed by atoms with Crippen molar-refractivity contribution in [1.82, 2.24) is 0 Å². The van der Waals surface area contributed by atoms with E-state index in [4.69, 9.17) is 23.2 Å². The Bertz CT molecular complexity index is 1380. The van der Waals surface area contributed by atoms with E-state index < -0.39 is 9.75 Å². The van der Waals surface area contributed by atoms with Gasteiger partial charge in [-0.15, -0.1) is 23.2 Å². The Morgan fingerprint density at radius 3 is 1.23 bits per heavy atom. The third kappa shape index (κ3) is 3.28. The molecule has 0 radical (unpaired) electrons. The lowest BCUT2D eigenvalue weighted by molar-refractivity contribution is 0.544. The zero-order chi connectivity index (χ0) is 24.2. The molecule has 2 atom stereocenters. The fourth-order valence-electron chi connectivity index (χ4n) is 6.04. The van der Waals surface area contributed by atoms with E-state index in [0.29, 0.717) is 6.42 Å². The lowest BCUT2D eigenvalue weighted by Gasteiger charge is -2.35. The summed E-state index contributed by atoms with van der Waals surface area (Å²) >= 11 is 15.5. The average Bonchev–Trinajstić information content (AvgIpc) is 3.25. The number of fused-ring (bicyclic) bond motifs is 2. The zero-order valence-corrected chi connectivity index (χ0v) is 21.4. The molecule has 172 valence electrons. The molecule has 6 rings (SSSR count). The second-order valence-electron chi connectivity index (χ2n) is 9.60. The van der Waals surface area contributed by atoms with Gasteiger partial charge in [0, 0.05) is 6.42 Å². The molecule has 0 spiro atoms. The minimum Gasteiger partial charge on any atom is -0.109 e. The third-order valence-corrected chi connectivity index (χ3v) is 9.04. The van der Waals surface area contributed by atoms with E-state index in [2.05, 4.69) is 123 Å². The molecular formula is C33H26Cl2. The second kappa shape index (κ2) is 8.26. The molecule has 0 amide bonds. The number of hydrogen-bond acceptors (Lipinski definition) is 0. The summed E-state index contributed by atoms with van der Waals surface area (Å²) in [6.45, 7) is 4.35. The SMILES string of the molecule is CC1=C(c2ccccc2)c2ccccc2C1(Cl)CC1(Cl)C(C)=C(c2ccccc2)c2ccccc21. The molecule has 2 heteroatoms. The number of hydrogen-bond donors (Lipinski definition) is 0. The summed E-state index contributed by atoms with van der Waals surface area (Å²) < 4.78 is 0. The summed E-state index contributed by atoms with van der Waals surface area (Å²) in [7, 11) is 0. The smallest absolute Gasteiger partial charge is 0.0940 e. The molecule has 0 fully saturated rings. The van der Waals surface area contributed by atoms with Crippen LogP contribution in [0.15, 0.2) is 120 Å². The van der Waals surface area contributed by atoms with Crippen molar-refractivity contribution in [2.45, 2.75) is 30.0 Å². The molecule has 2 unspecified atom stereocenters. The van der Waals surface area contributed by atoms with Crippen LogP contribution < -0.4 is 0 Å². The minimum absolute atomic E-state index is 0.571. The first-order chi connectivity index (χ1) is 16.9. The Kier molecular flexibility index (Phi) is 5.29. The molecule has 0 nitrogen and oxygen atoms in total. The maximum absolute atomic E-state index is 7.73. The van der Waals surface area contributed by atoms with Crippen molar-refractivity contribution in [1.29, 1.82) is 0 Å². The highest BCUT2D eigenvalue weighted by molar-refractivity contribution is 6.32. The van der Waals surface area contributed by atoms with Crippen molar-refractivity contribution in [3.8, 4) is 0 Å². The highest BCUT2D eigenvalue weighted by Crippen LogP contribution is 2.62. The maximum atomic E-state index is 7.73. The molecule has 2 aliphatic rings. The summed E-state index contributed by atoms with van der Waals surface area (Å²) in [4.78, 5) is -1.44. The molecule has 35 heavy (non-hydrogen) atoms. The standard InChI is InChI=1S/C33H26Cl2/c1-22-30(24-13-5-3-6-14-24)26-17-9-11-19-28(26)32(22,34)21-33(35)23(2)31(25-15-7-4-8-16-25)27-18-10-12-20-29(27)33/h3-20H,21H2,1-2H3. The maximum Gasteiger partial charge on any atom is 0.0940 e. The van der Waals surface area contributed by atoms with Crippen LogP contribution in [0.3, 0.4) is 0 Å². The fourth-order valence-corrected chi connectivity index (χ4v) is 7.03. The Balaban J connectivity index is 1.55. The molecular weight excluding hydrogens is 467 g/mol. The predicted octanol–water partition coefficient (Wildman–Crippen LogP) is 9.32. The van der Waals surface area contributed by atoms with Crippen LogP contribution in [0.5, 0.6) is 0 Å². The van der Waals surface area contributed by atoms with Gasteiger partial charge in [-0.3, -0.25) is 0 Å². The van der Waals surface area contributed by atoms with Crippen LogP contribution in [-0.4, -0.2) is 0 Å². The van der Waals surface area contributed by atoms with Crippen LogP contribution in [0.4, 0.5) is 0 Å². The van der Waals surface area contributed by atoms with Crippen LogP contribution in [0.2, 0.25) is 0 Å². The van der Waals surface area contributed by atoms with E-state index in [1.54, 1.807) is 0 Å². The van der Waals surface area contributed by atoms with Gasteiger partial charge in [0.05, 0.1) is 9.75 Å². The summed E-state index contributed by atoms with van der Waals surface area (Å²) in [5.74, 6) is 0. The predicted molar refractivity (Wildman–Crippen MR) is 149 cm³/mol. The third-order valence-electron chi connectivity index (χ3n) is 7.80. The highest BCUT2D eigenvalue weighted by atomic mass is 35.5. The first kappa shape index (κ1) is 22.4. The first-order valence-corrected chi connectivity index (χ1v) is 12.8. The van der Waals surface area contributed by atoms with Gasteiger partial charge >= 0.3 is 0 Å². The van der Waals surface area contributed by atoms with Crippen molar-refractivity contribution in [3.05, 3.63) is 154 Å². The molecule has 0 aromatic heterocycles. The van der Waals surface area contributed by atoms with Gasteiger partial charge in [0.2, 0.25) is 0 Å². The van der Waals surface area contributed by atoms with Gasteiger partial charge in [-0.2, -0.15) is 0 Å². The molecule has 0 N–H and O–H groups in total. The van der Waals surface area contributed by atoms with Crippen LogP contribution in [0.25, 0.3) is 11.1 Å². The summed E-state index contributed by atoms with van der Waals surface area (Å²) in [6.07, 6.45) is 0.571. The van der Waals surface area contributed by atoms with Crippen LogP contribution >= 0.6 is 23.2 Å². The van der Waals surface area contributed by atoms with Gasteiger partial charge < -0.3 is 0 Å². The van der Waals surface area contributed by atoms with Crippen molar-refractivity contribution >= 4 is 34.3 Å². The topological polar surface area (TPSA) is 0 Å². The summed E-state index contributed by atoms with van der Waals surface area (Å²) in [5, 5.41) is 0. The molecule has 2 aliphatic carbocycles. The Morgan fingerprint density at radius 2 is 0.829 bits per heavy atom. The Hall–Kier alpha value is -3.06. The Morgan fingerprint density at radius 1 is 0.486 bits per heavy atom. The lowest BCUT2D eigenvalue weighted by Crippen LogP contribution is -2.30. The van der Waals surface area contributed by atoms with Gasteiger partial charge in [-0.25, -0.2) is 0 Å². The van der Waals surface area contributed by atoms with Crippen LogP contribution in [0.1, 0.15) is 53.6 Å². The van der Waals surface area contributed by atoms with E-state index in [1.165, 1.54) is 33.4 Å². The number of alkyl halides is 2. The lowest BCUT2D eigenvalue weighted by atomic mass is 9.80. The van der Waals surface area contributed by atoms with E-state index in [1.807, 2.05) is 0 Å². The van der Waals surface area contributed by atoms with E-state index in [0.717, 1.165) is 22.3 Å². The Labute approximate surface area is 217 Å². The molecule has 0 heterocycles. The highest BCUT2D eigenvalue weighted by Gasteiger charge is 2.51. The normalized spacial score (nSPS) is 23.0. The molecule has 4 aromatic rings. The van der Waals surface area contributed by atoms with Gasteiger partial charge in [-0.1, -0.05) is 109 Å². The number of benzene rings is 4. The van der Waals surface area contributed by atoms with Crippen molar-refractivity contribution in [3.63, 3.8) is 0 Å². The van der Waals surface area contributed by atoms with E-state index in [9.17, 15) is 0 Å². The van der Waals surface area contributed by atoms with Crippen molar-refractivity contribution < 1.29 is 0 Å². The number of rotatable bonds is 4. The summed E-state index contributed by atoms with van der Waals surface area (Å²) in [6, 6.07) is 38.2.